The van der Waals surface area contributed by atoms with E-state index in [9.17, 15) is 9.59 Å². The minimum Gasteiger partial charge on any atom is -0.481 e. The van der Waals surface area contributed by atoms with Crippen molar-refractivity contribution in [3.05, 3.63) is 69.8 Å². The fourth-order valence-corrected chi connectivity index (χ4v) is 6.21. The Morgan fingerprint density at radius 3 is 2.35 bits per heavy atom. The second-order valence-electron chi connectivity index (χ2n) is 11.3. The molecule has 2 saturated carbocycles. The van der Waals surface area contributed by atoms with Crippen molar-refractivity contribution in [3.8, 4) is 0 Å². The van der Waals surface area contributed by atoms with Crippen molar-refractivity contribution < 1.29 is 14.7 Å². The van der Waals surface area contributed by atoms with Gasteiger partial charge < -0.3 is 15.0 Å². The Hall–Kier alpha value is -2.60. The summed E-state index contributed by atoms with van der Waals surface area (Å²) in [6.07, 6.45) is 5.29. The first-order valence-electron chi connectivity index (χ1n) is 12.0. The molecule has 5 rings (SSSR count). The van der Waals surface area contributed by atoms with E-state index in [1.807, 2.05) is 18.3 Å². The Labute approximate surface area is 208 Å². The van der Waals surface area contributed by atoms with Crippen LogP contribution < -0.4 is 5.32 Å². The molecule has 0 aliphatic heterocycles. The number of carbonyl (C=O) groups is 2. The van der Waals surface area contributed by atoms with Crippen molar-refractivity contribution >= 4 is 38.7 Å². The highest BCUT2D eigenvalue weighted by Crippen LogP contribution is 2.58. The average Bonchev–Trinajstić information content (AvgIpc) is 3.13. The third-order valence-corrected chi connectivity index (χ3v) is 8.38. The topological polar surface area (TPSA) is 71.3 Å². The number of amides is 1. The van der Waals surface area contributed by atoms with Crippen molar-refractivity contribution in [1.82, 2.24) is 9.88 Å². The number of benzene rings is 2. The Bertz CT molecular complexity index is 1260. The number of aromatic nitrogens is 1. The number of nitrogens with zero attached hydrogens (tertiary/aromatic N) is 1. The summed E-state index contributed by atoms with van der Waals surface area (Å²) in [4.78, 5) is 24.4. The summed E-state index contributed by atoms with van der Waals surface area (Å²) in [5.74, 6) is -0.956. The molecule has 6 heteroatoms. The molecule has 0 unspecified atom stereocenters. The van der Waals surface area contributed by atoms with Crippen LogP contribution in [0.5, 0.6) is 0 Å². The normalized spacial score (nSPS) is 24.0. The van der Waals surface area contributed by atoms with Crippen LogP contribution in [-0.4, -0.2) is 27.6 Å². The number of halogens is 1. The maximum atomic E-state index is 13.3. The Morgan fingerprint density at radius 2 is 1.74 bits per heavy atom. The molecule has 2 N–H and O–H groups in total. The van der Waals surface area contributed by atoms with E-state index in [-0.39, 0.29) is 28.7 Å². The van der Waals surface area contributed by atoms with E-state index >= 15 is 0 Å². The van der Waals surface area contributed by atoms with Gasteiger partial charge in [0.1, 0.15) is 0 Å². The molecule has 5 nitrogen and oxygen atoms in total. The second kappa shape index (κ2) is 8.26. The Kier molecular flexibility index (Phi) is 5.63. The summed E-state index contributed by atoms with van der Waals surface area (Å²) in [6.45, 7) is 7.32. The number of carbonyl (C=O) groups excluding carboxylic acids is 1. The van der Waals surface area contributed by atoms with Gasteiger partial charge in [-0.1, -0.05) is 61.0 Å². The second-order valence-corrected chi connectivity index (χ2v) is 12.1. The quantitative estimate of drug-likeness (QED) is 0.423. The van der Waals surface area contributed by atoms with E-state index in [2.05, 4.69) is 76.9 Å². The molecule has 0 saturated heterocycles. The van der Waals surface area contributed by atoms with Gasteiger partial charge in [-0.05, 0) is 65.8 Å². The van der Waals surface area contributed by atoms with Crippen LogP contribution >= 0.6 is 15.9 Å². The SMILES string of the molecule is CC(C)(C)c1ccc(Cn2ccc3c(Br)ccc(C(=O)NC4CC5(C4)CC(C(=O)O)C5)c32)cc1. The lowest BCUT2D eigenvalue weighted by Gasteiger charge is -2.56. The van der Waals surface area contributed by atoms with Crippen LogP contribution in [0.4, 0.5) is 0 Å². The number of carboxylic acid groups (broad SMARTS) is 1. The summed E-state index contributed by atoms with van der Waals surface area (Å²) in [5, 5.41) is 13.4. The smallest absolute Gasteiger partial charge is 0.306 e. The van der Waals surface area contributed by atoms with E-state index in [0.717, 1.165) is 41.1 Å². The number of aliphatic carboxylic acids is 1. The lowest BCUT2D eigenvalue weighted by atomic mass is 9.50. The molecule has 0 atom stereocenters. The van der Waals surface area contributed by atoms with E-state index in [1.165, 1.54) is 11.1 Å². The fraction of sp³-hybridized carbons (Fsp3) is 0.429. The van der Waals surface area contributed by atoms with Gasteiger partial charge in [0, 0.05) is 28.6 Å². The van der Waals surface area contributed by atoms with Crippen LogP contribution in [0.15, 0.2) is 53.1 Å². The van der Waals surface area contributed by atoms with Crippen LogP contribution in [-0.2, 0) is 16.8 Å². The molecule has 2 aliphatic carbocycles. The molecule has 2 fully saturated rings. The van der Waals surface area contributed by atoms with Crippen molar-refractivity contribution in [2.45, 2.75) is 64.5 Å². The van der Waals surface area contributed by atoms with E-state index in [0.29, 0.717) is 12.1 Å². The number of hydrogen-bond acceptors (Lipinski definition) is 2. The van der Waals surface area contributed by atoms with Gasteiger partial charge in [-0.2, -0.15) is 0 Å². The van der Waals surface area contributed by atoms with Gasteiger partial charge in [-0.3, -0.25) is 9.59 Å². The summed E-state index contributed by atoms with van der Waals surface area (Å²) < 4.78 is 3.12. The van der Waals surface area contributed by atoms with Gasteiger partial charge in [0.2, 0.25) is 0 Å². The van der Waals surface area contributed by atoms with Crippen LogP contribution in [0, 0.1) is 11.3 Å². The molecule has 2 aromatic carbocycles. The van der Waals surface area contributed by atoms with Gasteiger partial charge in [-0.15, -0.1) is 0 Å². The third-order valence-electron chi connectivity index (χ3n) is 7.69. The predicted octanol–water partition coefficient (Wildman–Crippen LogP) is 6.12. The fourth-order valence-electron chi connectivity index (χ4n) is 5.76. The summed E-state index contributed by atoms with van der Waals surface area (Å²) in [6, 6.07) is 14.7. The molecule has 3 aromatic rings. The number of fused-ring (bicyclic) bond motifs is 1. The van der Waals surface area contributed by atoms with Crippen LogP contribution in [0.25, 0.3) is 10.9 Å². The van der Waals surface area contributed by atoms with Crippen LogP contribution in [0.2, 0.25) is 0 Å². The third kappa shape index (κ3) is 4.17. The maximum Gasteiger partial charge on any atom is 0.306 e. The highest BCUT2D eigenvalue weighted by atomic mass is 79.9. The molecule has 1 heterocycles. The Morgan fingerprint density at radius 1 is 1.06 bits per heavy atom. The number of carboxylic acids is 1. The van der Waals surface area contributed by atoms with Gasteiger partial charge in [0.05, 0.1) is 17.0 Å². The summed E-state index contributed by atoms with van der Waals surface area (Å²) >= 11 is 3.64. The monoisotopic (exact) mass is 522 g/mol. The van der Waals surface area contributed by atoms with E-state index in [1.54, 1.807) is 0 Å². The minimum absolute atomic E-state index is 0.0607. The zero-order chi connectivity index (χ0) is 24.3. The molecule has 2 aliphatic rings. The minimum atomic E-state index is -0.691. The highest BCUT2D eigenvalue weighted by molar-refractivity contribution is 9.10. The van der Waals surface area contributed by atoms with E-state index in [4.69, 9.17) is 5.11 Å². The standard InChI is InChI=1S/C28H31BrN2O3/c1-27(2,3)19-6-4-17(5-7-19)16-31-11-10-21-23(29)9-8-22(24(21)31)25(32)30-20-14-28(15-20)12-18(13-28)26(33)34/h4-11,18,20H,12-16H2,1-3H3,(H,30,32)(H,33,34). The first kappa shape index (κ1) is 23.2. The number of rotatable bonds is 5. The molecular formula is C28H31BrN2O3. The molecule has 1 spiro atoms. The van der Waals surface area contributed by atoms with Crippen LogP contribution in [0.3, 0.4) is 0 Å². The van der Waals surface area contributed by atoms with Gasteiger partial charge in [-0.25, -0.2) is 0 Å². The molecule has 34 heavy (non-hydrogen) atoms. The number of nitrogens with one attached hydrogen (secondary N) is 1. The lowest BCUT2D eigenvalue weighted by molar-refractivity contribution is -0.155. The largest absolute Gasteiger partial charge is 0.481 e. The molecule has 1 amide bonds. The predicted molar refractivity (Wildman–Crippen MR) is 137 cm³/mol. The summed E-state index contributed by atoms with van der Waals surface area (Å²) in [5.41, 5.74) is 4.34. The van der Waals surface area contributed by atoms with Crippen molar-refractivity contribution in [2.75, 3.05) is 0 Å². The highest BCUT2D eigenvalue weighted by Gasteiger charge is 2.55. The molecule has 0 radical (unpaired) electrons. The lowest BCUT2D eigenvalue weighted by Crippen LogP contribution is -2.57. The molecular weight excluding hydrogens is 492 g/mol. The average molecular weight is 523 g/mol. The maximum absolute atomic E-state index is 13.3. The molecule has 178 valence electrons. The van der Waals surface area contributed by atoms with Crippen LogP contribution in [0.1, 0.15) is 67.9 Å². The first-order chi connectivity index (χ1) is 16.0. The first-order valence-corrected chi connectivity index (χ1v) is 12.7. The molecule has 1 aromatic heterocycles. The van der Waals surface area contributed by atoms with Crippen molar-refractivity contribution in [1.29, 1.82) is 0 Å². The van der Waals surface area contributed by atoms with Gasteiger partial charge >= 0.3 is 5.97 Å². The zero-order valence-corrected chi connectivity index (χ0v) is 21.5. The van der Waals surface area contributed by atoms with Gasteiger partial charge in [0.25, 0.3) is 5.91 Å². The molecule has 0 bridgehead atoms. The van der Waals surface area contributed by atoms with Crippen molar-refractivity contribution in [3.63, 3.8) is 0 Å². The zero-order valence-electron chi connectivity index (χ0n) is 19.9. The summed E-state index contributed by atoms with van der Waals surface area (Å²) in [7, 11) is 0. The number of hydrogen-bond donors (Lipinski definition) is 2. The van der Waals surface area contributed by atoms with E-state index < -0.39 is 5.97 Å². The van der Waals surface area contributed by atoms with Gasteiger partial charge in [0.15, 0.2) is 0 Å². The Balaban J connectivity index is 1.33. The van der Waals surface area contributed by atoms with Crippen molar-refractivity contribution in [2.24, 2.45) is 11.3 Å².